The van der Waals surface area contributed by atoms with Crippen molar-refractivity contribution in [1.29, 1.82) is 0 Å². The second-order valence-corrected chi connectivity index (χ2v) is 17.6. The van der Waals surface area contributed by atoms with Crippen molar-refractivity contribution in [3.05, 3.63) is 181 Å². The van der Waals surface area contributed by atoms with Crippen molar-refractivity contribution in [2.75, 3.05) is 0 Å². The Bertz CT molecular complexity index is 3060. The maximum absolute atomic E-state index is 6.57. The summed E-state index contributed by atoms with van der Waals surface area (Å²) in [5.74, 6) is 3.14. The molecular formula is C56H42O. The number of rotatable bonds is 4. The Kier molecular flexibility index (Phi) is 6.68. The van der Waals surface area contributed by atoms with Crippen LogP contribution in [-0.4, -0.2) is 0 Å². The van der Waals surface area contributed by atoms with Crippen LogP contribution in [0.2, 0.25) is 0 Å². The summed E-state index contributed by atoms with van der Waals surface area (Å²) in [5.41, 5.74) is 18.2. The summed E-state index contributed by atoms with van der Waals surface area (Å²) in [6.45, 7) is 0. The van der Waals surface area contributed by atoms with Crippen LogP contribution in [0.25, 0.3) is 88.3 Å². The number of fused-ring (bicyclic) bond motifs is 7. The standard InChI is InChI=1S/C56H42O/c1-2-12-36(13-3-1)43-15-6-7-17-45(43)50-31-39(29-37-14-4-5-16-44(37)50)40-30-49(38-22-23-47-46-18-9-11-21-53(46)57-54(47)33-38)55-48-19-8-10-20-51(48)56(52(55)32-40)41-25-34-24-35(27-41)28-42(56)26-34/h1-23,29-35,41-42H,24-28H2. The van der Waals surface area contributed by atoms with E-state index < -0.39 is 0 Å². The highest BCUT2D eigenvalue weighted by molar-refractivity contribution is 6.08. The minimum Gasteiger partial charge on any atom is -0.456 e. The van der Waals surface area contributed by atoms with E-state index in [0.717, 1.165) is 23.0 Å². The van der Waals surface area contributed by atoms with Crippen molar-refractivity contribution in [3.8, 4) is 55.6 Å². The summed E-state index contributed by atoms with van der Waals surface area (Å²) in [4.78, 5) is 0. The third kappa shape index (κ3) is 4.52. The molecular weight excluding hydrogens is 689 g/mol. The highest BCUT2D eigenvalue weighted by atomic mass is 16.3. The minimum atomic E-state index is 0.0488. The highest BCUT2D eigenvalue weighted by Crippen LogP contribution is 2.70. The van der Waals surface area contributed by atoms with Gasteiger partial charge in [0.1, 0.15) is 11.2 Å². The largest absolute Gasteiger partial charge is 0.456 e. The molecule has 14 rings (SSSR count). The normalized spacial score (nSPS) is 22.8. The molecule has 0 unspecified atom stereocenters. The second-order valence-electron chi connectivity index (χ2n) is 17.6. The molecule has 1 heteroatoms. The monoisotopic (exact) mass is 730 g/mol. The van der Waals surface area contributed by atoms with Crippen LogP contribution in [0.15, 0.2) is 174 Å². The molecule has 4 saturated carbocycles. The Morgan fingerprint density at radius 2 is 1.00 bits per heavy atom. The lowest BCUT2D eigenvalue weighted by Gasteiger charge is -2.61. The summed E-state index contributed by atoms with van der Waals surface area (Å²) in [5, 5.41) is 4.91. The fraction of sp³-hybridized carbons (Fsp3) is 0.179. The van der Waals surface area contributed by atoms with Crippen molar-refractivity contribution in [3.63, 3.8) is 0 Å². The molecule has 1 heterocycles. The lowest BCUT2D eigenvalue weighted by atomic mass is 9.43. The minimum absolute atomic E-state index is 0.0488. The fourth-order valence-corrected chi connectivity index (χ4v) is 12.8. The van der Waals surface area contributed by atoms with Crippen LogP contribution < -0.4 is 0 Å². The van der Waals surface area contributed by atoms with E-state index >= 15 is 0 Å². The third-order valence-corrected chi connectivity index (χ3v) is 14.8. The summed E-state index contributed by atoms with van der Waals surface area (Å²) >= 11 is 0. The van der Waals surface area contributed by atoms with E-state index in [1.54, 1.807) is 11.1 Å². The van der Waals surface area contributed by atoms with E-state index in [9.17, 15) is 0 Å². The average Bonchev–Trinajstić information content (AvgIpc) is 3.78. The van der Waals surface area contributed by atoms with Crippen LogP contribution >= 0.6 is 0 Å². The van der Waals surface area contributed by atoms with Gasteiger partial charge in [-0.15, -0.1) is 0 Å². The van der Waals surface area contributed by atoms with E-state index in [2.05, 4.69) is 170 Å². The molecule has 9 aromatic rings. The van der Waals surface area contributed by atoms with Gasteiger partial charge in [0.2, 0.25) is 0 Å². The van der Waals surface area contributed by atoms with Gasteiger partial charge >= 0.3 is 0 Å². The first-order valence-corrected chi connectivity index (χ1v) is 21.1. The van der Waals surface area contributed by atoms with Crippen molar-refractivity contribution in [1.82, 2.24) is 0 Å². The fourth-order valence-electron chi connectivity index (χ4n) is 12.8. The number of furan rings is 1. The Hall–Kier alpha value is -6.18. The molecule has 0 aliphatic heterocycles. The molecule has 272 valence electrons. The van der Waals surface area contributed by atoms with Gasteiger partial charge in [0.15, 0.2) is 0 Å². The molecule has 4 bridgehead atoms. The molecule has 0 amide bonds. The quantitative estimate of drug-likeness (QED) is 0.176. The summed E-state index contributed by atoms with van der Waals surface area (Å²) in [6, 6.07) is 63.9. The van der Waals surface area contributed by atoms with Crippen molar-refractivity contribution in [2.24, 2.45) is 23.7 Å². The number of para-hydroxylation sites is 1. The number of hydrogen-bond donors (Lipinski definition) is 0. The molecule has 1 aromatic heterocycles. The molecule has 0 saturated heterocycles. The maximum Gasteiger partial charge on any atom is 0.136 e. The van der Waals surface area contributed by atoms with Gasteiger partial charge in [-0.25, -0.2) is 0 Å². The molecule has 8 aromatic carbocycles. The topological polar surface area (TPSA) is 13.1 Å². The predicted molar refractivity (Wildman–Crippen MR) is 236 cm³/mol. The van der Waals surface area contributed by atoms with Crippen LogP contribution in [0.5, 0.6) is 0 Å². The van der Waals surface area contributed by atoms with E-state index in [1.807, 2.05) is 0 Å². The van der Waals surface area contributed by atoms with Gasteiger partial charge in [-0.1, -0.05) is 127 Å². The molecule has 5 aliphatic rings. The van der Waals surface area contributed by atoms with Crippen molar-refractivity contribution in [2.45, 2.75) is 37.5 Å². The maximum atomic E-state index is 6.57. The predicted octanol–water partition coefficient (Wildman–Crippen LogP) is 15.1. The molecule has 5 aliphatic carbocycles. The van der Waals surface area contributed by atoms with Crippen LogP contribution in [0.1, 0.15) is 43.2 Å². The first kappa shape index (κ1) is 32.0. The number of hydrogen-bond acceptors (Lipinski definition) is 1. The molecule has 1 spiro atoms. The lowest BCUT2D eigenvalue weighted by Crippen LogP contribution is -2.55. The van der Waals surface area contributed by atoms with E-state index in [0.29, 0.717) is 11.8 Å². The van der Waals surface area contributed by atoms with Crippen LogP contribution in [0, 0.1) is 23.7 Å². The van der Waals surface area contributed by atoms with Gasteiger partial charge in [-0.3, -0.25) is 0 Å². The zero-order valence-electron chi connectivity index (χ0n) is 31.9. The second kappa shape index (κ2) is 11.9. The smallest absolute Gasteiger partial charge is 0.136 e. The zero-order chi connectivity index (χ0) is 37.2. The van der Waals surface area contributed by atoms with Gasteiger partial charge in [0.25, 0.3) is 0 Å². The Morgan fingerprint density at radius 3 is 1.82 bits per heavy atom. The molecule has 1 nitrogen and oxygen atoms in total. The van der Waals surface area contributed by atoms with E-state index in [4.69, 9.17) is 4.42 Å². The SMILES string of the molecule is c1ccc(-c2ccccc2-c2cc(-c3cc(-c4ccc5c(c4)oc4ccccc45)c4c(c3)C3(c5ccccc5-4)C4CC5CC(C4)CC3C5)cc3ccccc23)cc1. The van der Waals surface area contributed by atoms with Crippen LogP contribution in [0.4, 0.5) is 0 Å². The van der Waals surface area contributed by atoms with Crippen molar-refractivity contribution >= 4 is 32.7 Å². The Morgan fingerprint density at radius 1 is 0.368 bits per heavy atom. The van der Waals surface area contributed by atoms with Gasteiger partial charge in [0.05, 0.1) is 0 Å². The Balaban J connectivity index is 1.10. The molecule has 0 N–H and O–H groups in total. The average molecular weight is 731 g/mol. The summed E-state index contributed by atoms with van der Waals surface area (Å²) in [6.07, 6.45) is 6.90. The van der Waals surface area contributed by atoms with Crippen LogP contribution in [0.3, 0.4) is 0 Å². The third-order valence-electron chi connectivity index (χ3n) is 14.8. The van der Waals surface area contributed by atoms with Crippen molar-refractivity contribution < 1.29 is 4.42 Å². The highest BCUT2D eigenvalue weighted by Gasteiger charge is 2.61. The lowest BCUT2D eigenvalue weighted by molar-refractivity contribution is -0.0399. The van der Waals surface area contributed by atoms with Gasteiger partial charge < -0.3 is 4.42 Å². The van der Waals surface area contributed by atoms with E-state index in [1.165, 1.54) is 109 Å². The molecule has 0 radical (unpaired) electrons. The van der Waals surface area contributed by atoms with Gasteiger partial charge in [-0.2, -0.15) is 0 Å². The van der Waals surface area contributed by atoms with Gasteiger partial charge in [-0.05, 0) is 176 Å². The number of benzene rings is 8. The zero-order valence-corrected chi connectivity index (χ0v) is 31.9. The molecule has 0 atom stereocenters. The molecule has 4 fully saturated rings. The Labute approximate surface area is 333 Å². The first-order valence-electron chi connectivity index (χ1n) is 21.1. The first-order chi connectivity index (χ1) is 28.2. The summed E-state index contributed by atoms with van der Waals surface area (Å²) < 4.78 is 6.57. The molecule has 57 heavy (non-hydrogen) atoms. The van der Waals surface area contributed by atoms with E-state index in [-0.39, 0.29) is 5.41 Å². The van der Waals surface area contributed by atoms with Gasteiger partial charge in [0, 0.05) is 16.2 Å². The van der Waals surface area contributed by atoms with Crippen LogP contribution in [-0.2, 0) is 5.41 Å². The summed E-state index contributed by atoms with van der Waals surface area (Å²) in [7, 11) is 0.